The van der Waals surface area contributed by atoms with Crippen molar-refractivity contribution in [2.24, 2.45) is 0 Å². The molecule has 1 saturated heterocycles. The van der Waals surface area contributed by atoms with E-state index in [2.05, 4.69) is 4.98 Å². The van der Waals surface area contributed by atoms with E-state index in [4.69, 9.17) is 0 Å². The molecule has 7 heteroatoms. The molecule has 1 aromatic carbocycles. The highest BCUT2D eigenvalue weighted by atomic mass is 32.2. The summed E-state index contributed by atoms with van der Waals surface area (Å²) in [7, 11) is 0.541. The highest BCUT2D eigenvalue weighted by molar-refractivity contribution is 7.91. The number of benzene rings is 1. The fourth-order valence-corrected chi connectivity index (χ4v) is 4.72. The van der Waals surface area contributed by atoms with Crippen LogP contribution in [0.25, 0.3) is 0 Å². The van der Waals surface area contributed by atoms with Gasteiger partial charge in [-0.2, -0.15) is 0 Å². The van der Waals surface area contributed by atoms with Gasteiger partial charge in [-0.15, -0.1) is 0 Å². The smallest absolute Gasteiger partial charge is 0.255 e. The van der Waals surface area contributed by atoms with Crippen molar-refractivity contribution in [3.8, 4) is 0 Å². The maximum absolute atomic E-state index is 12.6. The number of amides is 1. The van der Waals surface area contributed by atoms with Crippen molar-refractivity contribution in [1.29, 1.82) is 0 Å². The first-order valence-corrected chi connectivity index (χ1v) is 9.92. The van der Waals surface area contributed by atoms with Crippen LogP contribution in [0.4, 0.5) is 11.5 Å². The molecule has 0 radical (unpaired) electrons. The van der Waals surface area contributed by atoms with E-state index >= 15 is 0 Å². The van der Waals surface area contributed by atoms with Crippen LogP contribution in [0.3, 0.4) is 0 Å². The van der Waals surface area contributed by atoms with Crippen LogP contribution in [-0.4, -0.2) is 55.9 Å². The molecule has 1 amide bonds. The monoisotopic (exact) mass is 359 g/mol. The number of carbonyl (C=O) groups excluding carboxylic acids is 1. The molecule has 1 unspecified atom stereocenters. The second-order valence-corrected chi connectivity index (χ2v) is 8.50. The van der Waals surface area contributed by atoms with E-state index in [1.54, 1.807) is 19.2 Å². The Hall–Kier alpha value is -2.41. The molecule has 1 aliphatic heterocycles. The molecule has 1 fully saturated rings. The van der Waals surface area contributed by atoms with Gasteiger partial charge in [0, 0.05) is 32.0 Å². The predicted octanol–water partition coefficient (Wildman–Crippen LogP) is 2.11. The minimum Gasteiger partial charge on any atom is -0.338 e. The first-order chi connectivity index (χ1) is 11.9. The van der Waals surface area contributed by atoms with Gasteiger partial charge in [0.05, 0.1) is 17.1 Å². The number of nitrogens with zero attached hydrogens (tertiary/aromatic N) is 3. The normalized spacial score (nSPS) is 18.7. The number of anilines is 2. The molecule has 0 aliphatic carbocycles. The third-order valence-electron chi connectivity index (χ3n) is 4.56. The van der Waals surface area contributed by atoms with Crippen molar-refractivity contribution in [1.82, 2.24) is 9.88 Å². The van der Waals surface area contributed by atoms with E-state index in [0.717, 1.165) is 11.5 Å². The Morgan fingerprint density at radius 2 is 1.84 bits per heavy atom. The van der Waals surface area contributed by atoms with Gasteiger partial charge in [0.1, 0.15) is 5.82 Å². The maximum atomic E-state index is 12.6. The summed E-state index contributed by atoms with van der Waals surface area (Å²) >= 11 is 0. The van der Waals surface area contributed by atoms with Crippen LogP contribution in [0.1, 0.15) is 16.8 Å². The topological polar surface area (TPSA) is 70.6 Å². The van der Waals surface area contributed by atoms with Gasteiger partial charge < -0.3 is 9.80 Å². The Balaban J connectivity index is 1.72. The number of carbonyl (C=O) groups is 1. The van der Waals surface area contributed by atoms with Crippen LogP contribution in [-0.2, 0) is 9.84 Å². The fourth-order valence-electron chi connectivity index (χ4n) is 2.95. The predicted molar refractivity (Wildman–Crippen MR) is 97.9 cm³/mol. The fraction of sp³-hybridized carbons (Fsp3) is 0.333. The zero-order chi connectivity index (χ0) is 18.0. The summed E-state index contributed by atoms with van der Waals surface area (Å²) < 4.78 is 23.2. The summed E-state index contributed by atoms with van der Waals surface area (Å²) in [6.07, 6.45) is 2.03. The third kappa shape index (κ3) is 3.82. The second-order valence-electron chi connectivity index (χ2n) is 6.27. The SMILES string of the molecule is CN(c1ccccc1)c1ccc(C(=O)N(C)C2CCS(=O)(=O)C2)cn1. The lowest BCUT2D eigenvalue weighted by atomic mass is 10.2. The molecule has 2 aromatic rings. The number of hydrogen-bond donors (Lipinski definition) is 0. The molecule has 6 nitrogen and oxygen atoms in total. The van der Waals surface area contributed by atoms with E-state index < -0.39 is 9.84 Å². The molecule has 1 aliphatic rings. The van der Waals surface area contributed by atoms with E-state index in [1.165, 1.54) is 11.1 Å². The van der Waals surface area contributed by atoms with Crippen molar-refractivity contribution in [2.45, 2.75) is 12.5 Å². The van der Waals surface area contributed by atoms with Crippen molar-refractivity contribution < 1.29 is 13.2 Å². The molecule has 132 valence electrons. The summed E-state index contributed by atoms with van der Waals surface area (Å²) in [6, 6.07) is 13.1. The van der Waals surface area contributed by atoms with Crippen molar-refractivity contribution >= 4 is 27.2 Å². The van der Waals surface area contributed by atoms with Crippen LogP contribution in [0, 0.1) is 0 Å². The standard InChI is InChI=1S/C18H21N3O3S/c1-20(15-6-4-3-5-7-15)17-9-8-14(12-19-17)18(22)21(2)16-10-11-25(23,24)13-16/h3-9,12,16H,10-11,13H2,1-2H3. The third-order valence-corrected chi connectivity index (χ3v) is 6.31. The van der Waals surface area contributed by atoms with E-state index in [9.17, 15) is 13.2 Å². The molecule has 0 N–H and O–H groups in total. The van der Waals surface area contributed by atoms with Crippen molar-refractivity contribution in [3.05, 3.63) is 54.2 Å². The number of sulfone groups is 1. The molecule has 1 atom stereocenters. The summed E-state index contributed by atoms with van der Waals surface area (Å²) in [4.78, 5) is 20.4. The van der Waals surface area contributed by atoms with Crippen LogP contribution >= 0.6 is 0 Å². The minimum atomic E-state index is -3.02. The van der Waals surface area contributed by atoms with E-state index in [-0.39, 0.29) is 23.5 Å². The van der Waals surface area contributed by atoms with Crippen molar-refractivity contribution in [2.75, 3.05) is 30.5 Å². The van der Waals surface area contributed by atoms with Gasteiger partial charge in [-0.25, -0.2) is 13.4 Å². The molecule has 25 heavy (non-hydrogen) atoms. The Kier molecular flexibility index (Phi) is 4.76. The van der Waals surface area contributed by atoms with Crippen LogP contribution in [0.5, 0.6) is 0 Å². The molecule has 0 saturated carbocycles. The Labute approximate surface area is 148 Å². The van der Waals surface area contributed by atoms with Crippen LogP contribution in [0.15, 0.2) is 48.7 Å². The second kappa shape index (κ2) is 6.84. The first-order valence-electron chi connectivity index (χ1n) is 8.10. The summed E-state index contributed by atoms with van der Waals surface area (Å²) in [5, 5.41) is 0. The van der Waals surface area contributed by atoms with Gasteiger partial charge >= 0.3 is 0 Å². The lowest BCUT2D eigenvalue weighted by Crippen LogP contribution is -2.37. The zero-order valence-electron chi connectivity index (χ0n) is 14.3. The van der Waals surface area contributed by atoms with Crippen molar-refractivity contribution in [3.63, 3.8) is 0 Å². The highest BCUT2D eigenvalue weighted by Gasteiger charge is 2.33. The first kappa shape index (κ1) is 17.4. The Bertz CT molecular complexity index is 851. The number of rotatable bonds is 4. The Morgan fingerprint density at radius 1 is 1.12 bits per heavy atom. The largest absolute Gasteiger partial charge is 0.338 e. The number of hydrogen-bond acceptors (Lipinski definition) is 5. The van der Waals surface area contributed by atoms with Gasteiger partial charge in [-0.3, -0.25) is 4.79 Å². The summed E-state index contributed by atoms with van der Waals surface area (Å²) in [5.74, 6) is 0.712. The molecule has 0 spiro atoms. The number of aromatic nitrogens is 1. The van der Waals surface area contributed by atoms with Gasteiger partial charge in [0.15, 0.2) is 9.84 Å². The van der Waals surface area contributed by atoms with Crippen LogP contribution < -0.4 is 4.90 Å². The quantitative estimate of drug-likeness (QED) is 0.836. The average molecular weight is 359 g/mol. The molecule has 0 bridgehead atoms. The van der Waals surface area contributed by atoms with Gasteiger partial charge in [0.2, 0.25) is 0 Å². The lowest BCUT2D eigenvalue weighted by Gasteiger charge is -2.24. The van der Waals surface area contributed by atoms with E-state index in [1.807, 2.05) is 42.3 Å². The lowest BCUT2D eigenvalue weighted by molar-refractivity contribution is 0.0747. The molecular weight excluding hydrogens is 338 g/mol. The van der Waals surface area contributed by atoms with Gasteiger partial charge in [0.25, 0.3) is 5.91 Å². The summed E-state index contributed by atoms with van der Waals surface area (Å²) in [5.41, 5.74) is 1.46. The van der Waals surface area contributed by atoms with Crippen LogP contribution in [0.2, 0.25) is 0 Å². The van der Waals surface area contributed by atoms with Gasteiger partial charge in [-0.1, -0.05) is 18.2 Å². The average Bonchev–Trinajstić information content (AvgIpc) is 3.00. The number of para-hydroxylation sites is 1. The Morgan fingerprint density at radius 3 is 2.40 bits per heavy atom. The number of pyridine rings is 1. The molecule has 2 heterocycles. The zero-order valence-corrected chi connectivity index (χ0v) is 15.1. The molecular formula is C18H21N3O3S. The van der Waals surface area contributed by atoms with E-state index in [0.29, 0.717) is 12.0 Å². The van der Waals surface area contributed by atoms with Gasteiger partial charge in [-0.05, 0) is 30.7 Å². The minimum absolute atomic E-state index is 0.0392. The summed E-state index contributed by atoms with van der Waals surface area (Å²) in [6.45, 7) is 0. The molecule has 3 rings (SSSR count). The maximum Gasteiger partial charge on any atom is 0.255 e. The molecule has 1 aromatic heterocycles. The highest BCUT2D eigenvalue weighted by Crippen LogP contribution is 2.22.